The zero-order chi connectivity index (χ0) is 13.2. The Morgan fingerprint density at radius 2 is 1.79 bits per heavy atom. The number of alkyl halides is 1. The number of hydrogen-bond acceptors (Lipinski definition) is 1. The molecule has 19 heavy (non-hydrogen) atoms. The highest BCUT2D eigenvalue weighted by molar-refractivity contribution is 6.30. The molecule has 0 saturated carbocycles. The maximum Gasteiger partial charge on any atom is 0.194 e. The van der Waals surface area contributed by atoms with Gasteiger partial charge in [0.25, 0.3) is 0 Å². The zero-order valence-corrected chi connectivity index (χ0v) is 11.0. The quantitative estimate of drug-likeness (QED) is 0.520. The van der Waals surface area contributed by atoms with Crippen LogP contribution < -0.4 is 0 Å². The van der Waals surface area contributed by atoms with Crippen LogP contribution >= 0.6 is 11.6 Å². The van der Waals surface area contributed by atoms with Crippen molar-refractivity contribution in [3.8, 4) is 11.1 Å². The molecular weight excluding hydrogens is 258 g/mol. The van der Waals surface area contributed by atoms with E-state index in [2.05, 4.69) is 18.2 Å². The second-order valence-corrected chi connectivity index (χ2v) is 4.62. The fourth-order valence-corrected chi connectivity index (χ4v) is 2.36. The number of carbonyl (C=O) groups excluding carboxylic acids is 1. The minimum atomic E-state index is -0.0671. The molecule has 0 bridgehead atoms. The van der Waals surface area contributed by atoms with Crippen LogP contribution in [-0.4, -0.2) is 16.1 Å². The van der Waals surface area contributed by atoms with E-state index in [0.29, 0.717) is 5.69 Å². The molecule has 0 fully saturated rings. The molecule has 0 atom stereocenters. The number of Topliss-reactive ketones (excluding diaryl/α,β-unsaturated/α-hetero) is 1. The highest BCUT2D eigenvalue weighted by Crippen LogP contribution is 2.23. The summed E-state index contributed by atoms with van der Waals surface area (Å²) in [7, 11) is 0. The van der Waals surface area contributed by atoms with Crippen molar-refractivity contribution in [3.63, 3.8) is 0 Å². The Hall–Kier alpha value is -2.06. The third-order valence-corrected chi connectivity index (χ3v) is 3.39. The first-order chi connectivity index (χ1) is 9.29. The number of nitrogens with zero attached hydrogens (tertiary/aromatic N) is 1. The van der Waals surface area contributed by atoms with E-state index in [1.807, 2.05) is 40.9 Å². The Bertz CT molecular complexity index is 731. The molecule has 0 amide bonds. The Labute approximate surface area is 116 Å². The van der Waals surface area contributed by atoms with Crippen LogP contribution in [0.15, 0.2) is 60.8 Å². The topological polar surface area (TPSA) is 21.5 Å². The van der Waals surface area contributed by atoms with Crippen molar-refractivity contribution < 1.29 is 4.79 Å². The van der Waals surface area contributed by atoms with Crippen molar-refractivity contribution in [1.82, 2.24) is 4.40 Å². The monoisotopic (exact) mass is 269 g/mol. The lowest BCUT2D eigenvalue weighted by Crippen LogP contribution is -2.06. The van der Waals surface area contributed by atoms with E-state index >= 15 is 0 Å². The summed E-state index contributed by atoms with van der Waals surface area (Å²) in [4.78, 5) is 11.8. The molecule has 0 aliphatic carbocycles. The molecule has 0 aliphatic heterocycles. The molecule has 2 nitrogen and oxygen atoms in total. The van der Waals surface area contributed by atoms with E-state index in [4.69, 9.17) is 11.6 Å². The lowest BCUT2D eigenvalue weighted by atomic mass is 10.1. The van der Waals surface area contributed by atoms with Gasteiger partial charge in [0, 0.05) is 17.3 Å². The average Bonchev–Trinajstić information content (AvgIpc) is 2.91. The molecule has 0 radical (unpaired) electrons. The van der Waals surface area contributed by atoms with Crippen LogP contribution in [0, 0.1) is 0 Å². The molecule has 3 rings (SSSR count). The largest absolute Gasteiger partial charge is 0.313 e. The number of halogens is 1. The first-order valence-electron chi connectivity index (χ1n) is 6.05. The van der Waals surface area contributed by atoms with Gasteiger partial charge in [-0.25, -0.2) is 0 Å². The Balaban J connectivity index is 2.19. The number of fused-ring (bicyclic) bond motifs is 1. The molecule has 3 heteroatoms. The van der Waals surface area contributed by atoms with Gasteiger partial charge in [0.15, 0.2) is 5.78 Å². The second-order valence-electron chi connectivity index (χ2n) is 4.36. The number of rotatable bonds is 3. The molecule has 0 spiro atoms. The Kier molecular flexibility index (Phi) is 3.10. The van der Waals surface area contributed by atoms with E-state index in [1.165, 1.54) is 0 Å². The van der Waals surface area contributed by atoms with Crippen LogP contribution in [0.4, 0.5) is 0 Å². The number of ketones is 1. The zero-order valence-electron chi connectivity index (χ0n) is 10.2. The van der Waals surface area contributed by atoms with E-state index in [-0.39, 0.29) is 11.7 Å². The fourth-order valence-electron chi connectivity index (χ4n) is 2.22. The fraction of sp³-hybridized carbons (Fsp3) is 0.0625. The Morgan fingerprint density at radius 1 is 1.00 bits per heavy atom. The first kappa shape index (κ1) is 12.0. The van der Waals surface area contributed by atoms with Crippen molar-refractivity contribution in [2.75, 3.05) is 5.88 Å². The van der Waals surface area contributed by atoms with Gasteiger partial charge in [-0.05, 0) is 23.8 Å². The summed E-state index contributed by atoms with van der Waals surface area (Å²) in [5, 5.41) is 0. The number of benzene rings is 1. The average molecular weight is 270 g/mol. The van der Waals surface area contributed by atoms with Gasteiger partial charge in [0.1, 0.15) is 0 Å². The van der Waals surface area contributed by atoms with Gasteiger partial charge in [0.05, 0.1) is 11.6 Å². The first-order valence-corrected chi connectivity index (χ1v) is 6.59. The SMILES string of the molecule is O=C(CCl)c1cccc2cc(-c3ccccc3)cn12. The van der Waals surface area contributed by atoms with Crippen LogP contribution in [0.3, 0.4) is 0 Å². The van der Waals surface area contributed by atoms with Crippen molar-refractivity contribution in [3.05, 3.63) is 66.5 Å². The van der Waals surface area contributed by atoms with Gasteiger partial charge >= 0.3 is 0 Å². The van der Waals surface area contributed by atoms with Crippen LogP contribution in [0.1, 0.15) is 10.5 Å². The summed E-state index contributed by atoms with van der Waals surface area (Å²) in [6, 6.07) is 17.8. The molecule has 2 heterocycles. The summed E-state index contributed by atoms with van der Waals surface area (Å²) in [5.41, 5.74) is 3.84. The minimum Gasteiger partial charge on any atom is -0.313 e. The lowest BCUT2D eigenvalue weighted by molar-refractivity contribution is 0.101. The van der Waals surface area contributed by atoms with Crippen molar-refractivity contribution >= 4 is 22.9 Å². The van der Waals surface area contributed by atoms with E-state index < -0.39 is 0 Å². The number of carbonyl (C=O) groups is 1. The van der Waals surface area contributed by atoms with Crippen LogP contribution in [0.25, 0.3) is 16.6 Å². The lowest BCUT2D eigenvalue weighted by Gasteiger charge is -2.02. The van der Waals surface area contributed by atoms with Crippen molar-refractivity contribution in [2.45, 2.75) is 0 Å². The summed E-state index contributed by atoms with van der Waals surface area (Å²) in [5.74, 6) is -0.0692. The van der Waals surface area contributed by atoms with E-state index in [1.54, 1.807) is 6.07 Å². The predicted molar refractivity (Wildman–Crippen MR) is 77.9 cm³/mol. The van der Waals surface area contributed by atoms with E-state index in [9.17, 15) is 4.79 Å². The summed E-state index contributed by atoms with van der Waals surface area (Å²) in [6.45, 7) is 0. The summed E-state index contributed by atoms with van der Waals surface area (Å²) < 4.78 is 1.90. The highest BCUT2D eigenvalue weighted by Gasteiger charge is 2.10. The van der Waals surface area contributed by atoms with Crippen molar-refractivity contribution in [2.24, 2.45) is 0 Å². The Morgan fingerprint density at radius 3 is 2.53 bits per heavy atom. The molecule has 94 valence electrons. The van der Waals surface area contributed by atoms with Gasteiger partial charge in [-0.15, -0.1) is 11.6 Å². The molecule has 0 saturated heterocycles. The van der Waals surface area contributed by atoms with Crippen LogP contribution in [0.2, 0.25) is 0 Å². The highest BCUT2D eigenvalue weighted by atomic mass is 35.5. The molecule has 1 aromatic carbocycles. The van der Waals surface area contributed by atoms with Gasteiger partial charge in [0.2, 0.25) is 0 Å². The van der Waals surface area contributed by atoms with E-state index in [0.717, 1.165) is 16.6 Å². The second kappa shape index (κ2) is 4.90. The summed E-state index contributed by atoms with van der Waals surface area (Å²) >= 11 is 5.65. The molecule has 2 aromatic heterocycles. The van der Waals surface area contributed by atoms with Crippen LogP contribution in [0.5, 0.6) is 0 Å². The maximum absolute atomic E-state index is 11.8. The van der Waals surface area contributed by atoms with Gasteiger partial charge < -0.3 is 4.40 Å². The van der Waals surface area contributed by atoms with Gasteiger partial charge in [-0.1, -0.05) is 36.4 Å². The maximum atomic E-state index is 11.8. The van der Waals surface area contributed by atoms with Gasteiger partial charge in [-0.2, -0.15) is 0 Å². The van der Waals surface area contributed by atoms with Crippen LogP contribution in [-0.2, 0) is 0 Å². The number of pyridine rings is 1. The number of aromatic nitrogens is 1. The standard InChI is InChI=1S/C16H12ClNO/c17-10-16(19)15-8-4-7-14-9-13(11-18(14)15)12-5-2-1-3-6-12/h1-9,11H,10H2. The third kappa shape index (κ3) is 2.15. The van der Waals surface area contributed by atoms with Crippen molar-refractivity contribution in [1.29, 1.82) is 0 Å². The molecular formula is C16H12ClNO. The minimum absolute atomic E-state index is 0.00202. The normalized spacial score (nSPS) is 10.8. The smallest absolute Gasteiger partial charge is 0.194 e. The predicted octanol–water partition coefficient (Wildman–Crippen LogP) is 4.03. The number of hydrogen-bond donors (Lipinski definition) is 0. The third-order valence-electron chi connectivity index (χ3n) is 3.14. The summed E-state index contributed by atoms with van der Waals surface area (Å²) in [6.07, 6.45) is 1.98. The molecule has 0 N–H and O–H groups in total. The molecule has 3 aromatic rings. The molecule has 0 unspecified atom stereocenters. The van der Waals surface area contributed by atoms with Gasteiger partial charge in [-0.3, -0.25) is 4.79 Å². The molecule has 0 aliphatic rings.